The highest BCUT2D eigenvalue weighted by Crippen LogP contribution is 2.75. The molecule has 2 N–H and O–H groups in total. The maximum Gasteiger partial charge on any atom is 0.306 e. The van der Waals surface area contributed by atoms with Crippen molar-refractivity contribution in [2.24, 2.45) is 11.8 Å². The first-order valence-corrected chi connectivity index (χ1v) is 26.5. The van der Waals surface area contributed by atoms with Crippen LogP contribution in [0.4, 0.5) is 13.9 Å². The number of carbonyl (C=O) groups is 3. The molecule has 350 valence electrons. The molecule has 0 bridgehead atoms. The number of fused-ring (bicyclic) bond motifs is 3. The van der Waals surface area contributed by atoms with Gasteiger partial charge in [-0.15, -0.1) is 11.3 Å². The third-order valence-corrected chi connectivity index (χ3v) is 18.1. The molecule has 2 aliphatic heterocycles. The normalized spacial score (nSPS) is 25.4. The van der Waals surface area contributed by atoms with Crippen LogP contribution in [0.2, 0.25) is 0 Å². The molecule has 2 aliphatic carbocycles. The van der Waals surface area contributed by atoms with Crippen LogP contribution < -0.4 is 14.8 Å². The Kier molecular flexibility index (Phi) is 14.7. The third kappa shape index (κ3) is 10.5. The molecule has 2 aromatic carbocycles. The summed E-state index contributed by atoms with van der Waals surface area (Å²) in [6, 6.07) is 7.86. The van der Waals surface area contributed by atoms with Crippen LogP contribution in [-0.4, -0.2) is 80.5 Å². The fourth-order valence-corrected chi connectivity index (χ4v) is 14.3. The Balaban J connectivity index is 1.14. The number of halogens is 3. The van der Waals surface area contributed by atoms with Crippen molar-refractivity contribution >= 4 is 68.3 Å². The average molecular weight is 1000 g/mol. The van der Waals surface area contributed by atoms with Crippen molar-refractivity contribution < 1.29 is 46.8 Å². The van der Waals surface area contributed by atoms with Crippen LogP contribution >= 0.6 is 34.6 Å². The molecule has 2 saturated carbocycles. The molecule has 8 rings (SSSR count). The molecule has 4 heterocycles. The summed E-state index contributed by atoms with van der Waals surface area (Å²) in [5.41, 5.74) is 1.22. The first kappa shape index (κ1) is 47.5. The molecule has 2 saturated heterocycles. The number of nitrogens with zero attached hydrogens (tertiary/aromatic N) is 3. The van der Waals surface area contributed by atoms with Gasteiger partial charge in [-0.2, -0.15) is 0 Å². The first-order valence-electron chi connectivity index (χ1n) is 23.0. The number of rotatable bonds is 12. The van der Waals surface area contributed by atoms with Crippen LogP contribution in [0, 0.1) is 23.5 Å². The van der Waals surface area contributed by atoms with Crippen molar-refractivity contribution in [1.29, 1.82) is 0 Å². The number of ether oxygens (including phenoxy) is 3. The van der Waals surface area contributed by atoms with Gasteiger partial charge in [0.2, 0.25) is 13.3 Å². The Morgan fingerprint density at radius 1 is 0.985 bits per heavy atom. The SMILES string of the molecule is COc1ccc2c(O[C@@H]3C[C@H]4C(=O)C[C@]5(P(=O)(O)Cc6c(F)cccc6F)C[C@H]5CCCCCCC[C@H](CC(=O)OC5CCCC5)C(=O)N4C3)cc(-c3csc(NC(C)C)n3)nc2c1Br. The lowest BCUT2D eigenvalue weighted by atomic mass is 9.94. The zero-order valence-corrected chi connectivity index (χ0v) is 40.5. The maximum atomic E-state index is 15.0. The number of Topliss-reactive ketones (excluding diaryl/α,β-unsaturated/α-hetero) is 1. The van der Waals surface area contributed by atoms with E-state index in [4.69, 9.17) is 24.2 Å². The van der Waals surface area contributed by atoms with E-state index < -0.39 is 65.7 Å². The Morgan fingerprint density at radius 2 is 1.69 bits per heavy atom. The molecule has 4 fully saturated rings. The second-order valence-corrected chi connectivity index (χ2v) is 22.9. The van der Waals surface area contributed by atoms with E-state index >= 15 is 8.78 Å². The van der Waals surface area contributed by atoms with Crippen molar-refractivity contribution in [1.82, 2.24) is 14.9 Å². The Labute approximate surface area is 391 Å². The van der Waals surface area contributed by atoms with E-state index in [-0.39, 0.29) is 56.2 Å². The fraction of sp³-hybridized carbons (Fsp3) is 0.562. The van der Waals surface area contributed by atoms with E-state index in [1.54, 1.807) is 19.2 Å². The van der Waals surface area contributed by atoms with E-state index in [0.29, 0.717) is 57.5 Å². The molecule has 12 nitrogen and oxygen atoms in total. The third-order valence-electron chi connectivity index (χ3n) is 13.7. The van der Waals surface area contributed by atoms with Crippen LogP contribution in [0.3, 0.4) is 0 Å². The summed E-state index contributed by atoms with van der Waals surface area (Å²) in [5.74, 6) is -3.12. The number of pyridine rings is 1. The Hall–Kier alpha value is -3.98. The van der Waals surface area contributed by atoms with Crippen molar-refractivity contribution in [2.75, 3.05) is 19.0 Å². The molecule has 17 heteroatoms. The van der Waals surface area contributed by atoms with Gasteiger partial charge in [0.25, 0.3) is 0 Å². The highest BCUT2D eigenvalue weighted by molar-refractivity contribution is 9.10. The van der Waals surface area contributed by atoms with Gasteiger partial charge in [0.15, 0.2) is 10.9 Å². The van der Waals surface area contributed by atoms with Gasteiger partial charge in [-0.05, 0) is 105 Å². The van der Waals surface area contributed by atoms with Crippen LogP contribution in [0.1, 0.15) is 116 Å². The van der Waals surface area contributed by atoms with E-state index in [0.717, 1.165) is 68.6 Å². The van der Waals surface area contributed by atoms with E-state index in [9.17, 15) is 23.8 Å². The van der Waals surface area contributed by atoms with E-state index in [1.165, 1.54) is 22.3 Å². The van der Waals surface area contributed by atoms with Gasteiger partial charge in [0.1, 0.15) is 41.0 Å². The highest BCUT2D eigenvalue weighted by atomic mass is 79.9. The predicted octanol–water partition coefficient (Wildman–Crippen LogP) is 11.0. The van der Waals surface area contributed by atoms with Gasteiger partial charge in [-0.3, -0.25) is 18.9 Å². The zero-order chi connectivity index (χ0) is 46.0. The summed E-state index contributed by atoms with van der Waals surface area (Å²) >= 11 is 5.13. The molecule has 2 aromatic heterocycles. The van der Waals surface area contributed by atoms with E-state index in [1.807, 2.05) is 25.3 Å². The minimum Gasteiger partial charge on any atom is -0.495 e. The smallest absolute Gasteiger partial charge is 0.306 e. The summed E-state index contributed by atoms with van der Waals surface area (Å²) in [5, 5.41) is 5.20. The minimum absolute atomic E-state index is 0.00664. The second kappa shape index (κ2) is 20.1. The highest BCUT2D eigenvalue weighted by Gasteiger charge is 2.66. The number of methoxy groups -OCH3 is 1. The minimum atomic E-state index is -4.43. The topological polar surface area (TPSA) is 157 Å². The average Bonchev–Trinajstić information content (AvgIpc) is 3.68. The molecule has 0 radical (unpaired) electrons. The lowest BCUT2D eigenvalue weighted by Crippen LogP contribution is -2.45. The molecule has 1 unspecified atom stereocenters. The quantitative estimate of drug-likeness (QED) is 0.103. The van der Waals surface area contributed by atoms with Crippen LogP contribution in [0.5, 0.6) is 11.5 Å². The lowest BCUT2D eigenvalue weighted by molar-refractivity contribution is -0.154. The van der Waals surface area contributed by atoms with Crippen molar-refractivity contribution in [3.05, 3.63) is 63.4 Å². The second-order valence-electron chi connectivity index (χ2n) is 18.7. The Bertz CT molecular complexity index is 2450. The predicted molar refractivity (Wildman–Crippen MR) is 250 cm³/mol. The number of hydrogen-bond donors (Lipinski definition) is 2. The number of ketones is 1. The summed E-state index contributed by atoms with van der Waals surface area (Å²) in [6.07, 6.45) is 6.80. The van der Waals surface area contributed by atoms with Gasteiger partial charge in [-0.25, -0.2) is 18.7 Å². The van der Waals surface area contributed by atoms with Crippen molar-refractivity contribution in [3.63, 3.8) is 0 Å². The standard InChI is InChI=1S/C48H58BrF2N4O8PS/c1-28(2)52-47-54-38(27-65-47)37-22-42(33-18-19-41(61-3)44(49)45(33)53-37)62-32-21-39-40(56)24-48(64(59,60)26-34-35(50)16-11-17-36(34)51)23-30(48)13-8-6-4-5-7-12-29(46(58)55(39)25-32)20-43(57)63-31-14-9-10-15-31/h11,16-19,22,27-32,39H,4-10,12-15,20-21,23-26H2,1-3H3,(H,52,54)(H,59,60)/t29-,30-,32-,39+,48-/m1/s1. The van der Waals surface area contributed by atoms with Gasteiger partial charge in [0.05, 0.1) is 53.1 Å². The number of benzene rings is 2. The molecule has 0 spiro atoms. The first-order chi connectivity index (χ1) is 31.2. The van der Waals surface area contributed by atoms with Crippen molar-refractivity contribution in [2.45, 2.75) is 146 Å². The van der Waals surface area contributed by atoms with Crippen LogP contribution in [0.15, 0.2) is 46.3 Å². The number of thiazole rings is 1. The van der Waals surface area contributed by atoms with E-state index in [2.05, 4.69) is 21.2 Å². The van der Waals surface area contributed by atoms with Gasteiger partial charge in [-0.1, -0.05) is 38.2 Å². The number of esters is 1. The molecule has 6 atom stereocenters. The largest absolute Gasteiger partial charge is 0.495 e. The fourth-order valence-electron chi connectivity index (χ4n) is 10.2. The number of carbonyl (C=O) groups excluding carboxylic acids is 3. The number of nitrogens with one attached hydrogen (secondary N) is 1. The molecule has 1 amide bonds. The molecular formula is C48H58BrF2N4O8PS. The number of amides is 1. The number of aromatic nitrogens is 2. The zero-order valence-electron chi connectivity index (χ0n) is 37.2. The summed E-state index contributed by atoms with van der Waals surface area (Å²) in [6.45, 7) is 4.06. The molecule has 65 heavy (non-hydrogen) atoms. The van der Waals surface area contributed by atoms with Crippen LogP contribution in [0.25, 0.3) is 22.3 Å². The number of anilines is 1. The van der Waals surface area contributed by atoms with Gasteiger partial charge < -0.3 is 29.3 Å². The maximum absolute atomic E-state index is 15.0. The van der Waals surface area contributed by atoms with Gasteiger partial charge >= 0.3 is 5.97 Å². The molecular weight excluding hydrogens is 941 g/mol. The van der Waals surface area contributed by atoms with Gasteiger partial charge in [0, 0.05) is 47.2 Å². The monoisotopic (exact) mass is 998 g/mol. The summed E-state index contributed by atoms with van der Waals surface area (Å²) < 4.78 is 63.6. The van der Waals surface area contributed by atoms with Crippen LogP contribution in [-0.2, 0) is 29.8 Å². The number of hydrogen-bond acceptors (Lipinski definition) is 11. The summed E-state index contributed by atoms with van der Waals surface area (Å²) in [4.78, 5) is 66.6. The summed E-state index contributed by atoms with van der Waals surface area (Å²) in [7, 11) is -2.86. The Morgan fingerprint density at radius 3 is 2.42 bits per heavy atom. The lowest BCUT2D eigenvalue weighted by Gasteiger charge is -2.30. The molecule has 4 aromatic rings. The molecule has 4 aliphatic rings. The van der Waals surface area contributed by atoms with Crippen molar-refractivity contribution in [3.8, 4) is 22.9 Å².